The molecule has 1 heterocycles. The lowest BCUT2D eigenvalue weighted by molar-refractivity contribution is 0.0718. The van der Waals surface area contributed by atoms with Crippen LogP contribution in [0.5, 0.6) is 28.7 Å². The van der Waals surface area contributed by atoms with E-state index in [1.165, 1.54) is 28.4 Å². The van der Waals surface area contributed by atoms with Gasteiger partial charge in [-0.25, -0.2) is 0 Å². The van der Waals surface area contributed by atoms with Crippen LogP contribution in [0.4, 0.5) is 0 Å². The second kappa shape index (κ2) is 10.8. The third-order valence-corrected chi connectivity index (χ3v) is 5.61. The molecule has 178 valence electrons. The van der Waals surface area contributed by atoms with Gasteiger partial charge in [0.2, 0.25) is 5.75 Å². The van der Waals surface area contributed by atoms with E-state index in [-0.39, 0.29) is 11.8 Å². The van der Waals surface area contributed by atoms with E-state index in [0.29, 0.717) is 72.5 Å². The van der Waals surface area contributed by atoms with Crippen molar-refractivity contribution in [3.63, 3.8) is 0 Å². The minimum atomic E-state index is -0.158. The summed E-state index contributed by atoms with van der Waals surface area (Å²) in [6.07, 6.45) is 0.662. The van der Waals surface area contributed by atoms with Crippen molar-refractivity contribution in [1.82, 2.24) is 9.80 Å². The molecule has 1 aliphatic heterocycles. The Balaban J connectivity index is 1.75. The van der Waals surface area contributed by atoms with Crippen LogP contribution in [0.15, 0.2) is 30.3 Å². The molecule has 0 N–H and O–H groups in total. The molecule has 1 fully saturated rings. The Morgan fingerprint density at radius 3 is 1.58 bits per heavy atom. The number of carbonyl (C=O) groups is 2. The zero-order valence-corrected chi connectivity index (χ0v) is 19.7. The topological polar surface area (TPSA) is 86.8 Å². The number of amides is 2. The van der Waals surface area contributed by atoms with Crippen LogP contribution in [-0.2, 0) is 0 Å². The van der Waals surface area contributed by atoms with Gasteiger partial charge in [0.15, 0.2) is 23.0 Å². The second-order valence-corrected chi connectivity index (χ2v) is 7.42. The van der Waals surface area contributed by atoms with Crippen LogP contribution < -0.4 is 23.7 Å². The van der Waals surface area contributed by atoms with Crippen LogP contribution in [-0.4, -0.2) is 83.3 Å². The van der Waals surface area contributed by atoms with Gasteiger partial charge in [0.05, 0.1) is 35.5 Å². The number of hydrogen-bond donors (Lipinski definition) is 0. The highest BCUT2D eigenvalue weighted by Gasteiger charge is 2.26. The van der Waals surface area contributed by atoms with Gasteiger partial charge in [-0.1, -0.05) is 0 Å². The molecule has 1 aliphatic rings. The van der Waals surface area contributed by atoms with Gasteiger partial charge < -0.3 is 33.5 Å². The first-order chi connectivity index (χ1) is 16.0. The molecule has 0 atom stereocenters. The molecule has 0 bridgehead atoms. The van der Waals surface area contributed by atoms with Crippen molar-refractivity contribution >= 4 is 11.8 Å². The summed E-state index contributed by atoms with van der Waals surface area (Å²) in [5.74, 6) is 2.05. The van der Waals surface area contributed by atoms with Crippen LogP contribution in [0, 0.1) is 0 Å². The SMILES string of the molecule is COc1ccc(C(=O)N2CCCN(C(=O)c3cc(OC)c(OC)c(OC)c3)CC2)cc1OC. The Hall–Kier alpha value is -3.62. The van der Waals surface area contributed by atoms with Gasteiger partial charge in [-0.15, -0.1) is 0 Å². The molecule has 9 heteroatoms. The van der Waals surface area contributed by atoms with Crippen molar-refractivity contribution in [2.24, 2.45) is 0 Å². The maximum atomic E-state index is 13.2. The smallest absolute Gasteiger partial charge is 0.254 e. The molecular weight excluding hydrogens is 428 g/mol. The molecule has 0 saturated carbocycles. The fraction of sp³-hybridized carbons (Fsp3) is 0.417. The van der Waals surface area contributed by atoms with Crippen LogP contribution in [0.2, 0.25) is 0 Å². The third-order valence-electron chi connectivity index (χ3n) is 5.61. The van der Waals surface area contributed by atoms with Crippen LogP contribution in [0.1, 0.15) is 27.1 Å². The van der Waals surface area contributed by atoms with Crippen molar-refractivity contribution in [3.05, 3.63) is 41.5 Å². The Labute approximate surface area is 193 Å². The quantitative estimate of drug-likeness (QED) is 0.631. The fourth-order valence-electron chi connectivity index (χ4n) is 3.86. The molecule has 2 amide bonds. The predicted octanol–water partition coefficient (Wildman–Crippen LogP) is 2.72. The summed E-state index contributed by atoms with van der Waals surface area (Å²) in [5, 5.41) is 0. The van der Waals surface area contributed by atoms with Gasteiger partial charge in [0, 0.05) is 37.3 Å². The van der Waals surface area contributed by atoms with E-state index in [1.54, 1.807) is 47.2 Å². The molecule has 3 rings (SSSR count). The zero-order valence-electron chi connectivity index (χ0n) is 19.7. The molecule has 0 radical (unpaired) electrons. The highest BCUT2D eigenvalue weighted by molar-refractivity contribution is 5.96. The maximum Gasteiger partial charge on any atom is 0.254 e. The molecule has 0 aromatic heterocycles. The number of carbonyl (C=O) groups excluding carboxylic acids is 2. The summed E-state index contributed by atoms with van der Waals surface area (Å²) in [7, 11) is 7.61. The normalized spacial score (nSPS) is 13.7. The summed E-state index contributed by atoms with van der Waals surface area (Å²) in [4.78, 5) is 29.8. The van der Waals surface area contributed by atoms with Gasteiger partial charge in [0.25, 0.3) is 11.8 Å². The molecule has 1 saturated heterocycles. The summed E-state index contributed by atoms with van der Waals surface area (Å²) in [6, 6.07) is 8.38. The predicted molar refractivity (Wildman–Crippen MR) is 122 cm³/mol. The Kier molecular flexibility index (Phi) is 7.87. The maximum absolute atomic E-state index is 13.2. The van der Waals surface area contributed by atoms with E-state index in [9.17, 15) is 9.59 Å². The third kappa shape index (κ3) is 5.08. The molecule has 33 heavy (non-hydrogen) atoms. The van der Waals surface area contributed by atoms with Gasteiger partial charge in [-0.3, -0.25) is 9.59 Å². The Morgan fingerprint density at radius 1 is 0.606 bits per heavy atom. The van der Waals surface area contributed by atoms with Crippen LogP contribution in [0.25, 0.3) is 0 Å². The fourth-order valence-corrected chi connectivity index (χ4v) is 3.86. The number of ether oxygens (including phenoxy) is 5. The van der Waals surface area contributed by atoms with Crippen LogP contribution >= 0.6 is 0 Å². The van der Waals surface area contributed by atoms with E-state index in [2.05, 4.69) is 0 Å². The standard InChI is InChI=1S/C24H30N2O7/c1-29-18-8-7-16(13-19(18)30-2)23(27)25-9-6-10-26(12-11-25)24(28)17-14-20(31-3)22(33-5)21(15-17)32-4/h7-8,13-15H,6,9-12H2,1-5H3. The number of rotatable bonds is 7. The highest BCUT2D eigenvalue weighted by Crippen LogP contribution is 2.38. The Morgan fingerprint density at radius 2 is 1.09 bits per heavy atom. The van der Waals surface area contributed by atoms with E-state index in [1.807, 2.05) is 0 Å². The second-order valence-electron chi connectivity index (χ2n) is 7.42. The van der Waals surface area contributed by atoms with Crippen LogP contribution in [0.3, 0.4) is 0 Å². The molecular formula is C24H30N2O7. The molecule has 0 unspecified atom stereocenters. The van der Waals surface area contributed by atoms with Gasteiger partial charge in [-0.05, 0) is 36.8 Å². The lowest BCUT2D eigenvalue weighted by atomic mass is 10.1. The van der Waals surface area contributed by atoms with Gasteiger partial charge >= 0.3 is 0 Å². The summed E-state index contributed by atoms with van der Waals surface area (Å²) >= 11 is 0. The molecule has 0 spiro atoms. The highest BCUT2D eigenvalue weighted by atomic mass is 16.5. The first-order valence-electron chi connectivity index (χ1n) is 10.6. The summed E-state index contributed by atoms with van der Waals surface area (Å²) in [5.41, 5.74) is 0.946. The first kappa shape index (κ1) is 24.0. The largest absolute Gasteiger partial charge is 0.493 e. The average Bonchev–Trinajstić information content (AvgIpc) is 3.12. The molecule has 2 aromatic rings. The summed E-state index contributed by atoms with van der Waals surface area (Å²) < 4.78 is 26.6. The Bertz CT molecular complexity index is 983. The van der Waals surface area contributed by atoms with E-state index in [0.717, 1.165) is 0 Å². The number of nitrogens with zero attached hydrogens (tertiary/aromatic N) is 2. The van der Waals surface area contributed by atoms with Crippen molar-refractivity contribution in [2.45, 2.75) is 6.42 Å². The average molecular weight is 459 g/mol. The lowest BCUT2D eigenvalue weighted by Crippen LogP contribution is -2.37. The zero-order chi connectivity index (χ0) is 24.0. The molecule has 0 aliphatic carbocycles. The van der Waals surface area contributed by atoms with Gasteiger partial charge in [-0.2, -0.15) is 0 Å². The van der Waals surface area contributed by atoms with Crippen molar-refractivity contribution < 1.29 is 33.3 Å². The molecule has 2 aromatic carbocycles. The minimum Gasteiger partial charge on any atom is -0.493 e. The van der Waals surface area contributed by atoms with Crippen molar-refractivity contribution in [2.75, 3.05) is 61.7 Å². The number of hydrogen-bond acceptors (Lipinski definition) is 7. The van der Waals surface area contributed by atoms with Crippen molar-refractivity contribution in [3.8, 4) is 28.7 Å². The van der Waals surface area contributed by atoms with E-state index in [4.69, 9.17) is 23.7 Å². The van der Waals surface area contributed by atoms with Crippen molar-refractivity contribution in [1.29, 1.82) is 0 Å². The number of benzene rings is 2. The minimum absolute atomic E-state index is 0.113. The van der Waals surface area contributed by atoms with E-state index >= 15 is 0 Å². The monoisotopic (exact) mass is 458 g/mol. The first-order valence-corrected chi connectivity index (χ1v) is 10.6. The van der Waals surface area contributed by atoms with E-state index < -0.39 is 0 Å². The number of methoxy groups -OCH3 is 5. The molecule has 9 nitrogen and oxygen atoms in total. The van der Waals surface area contributed by atoms with Gasteiger partial charge in [0.1, 0.15) is 0 Å². The summed E-state index contributed by atoms with van der Waals surface area (Å²) in [6.45, 7) is 1.91. The lowest BCUT2D eigenvalue weighted by Gasteiger charge is -2.23.